The lowest BCUT2D eigenvalue weighted by atomic mass is 10.1. The number of hydrogen-bond acceptors (Lipinski definition) is 4. The first-order valence-corrected chi connectivity index (χ1v) is 7.77. The van der Waals surface area contributed by atoms with Crippen molar-refractivity contribution in [1.82, 2.24) is 10.2 Å². The first kappa shape index (κ1) is 14.5. The van der Waals surface area contributed by atoms with E-state index in [2.05, 4.69) is 10.2 Å². The molecule has 1 aliphatic heterocycles. The standard InChI is InChI=1S/C14H22N2O2S/c1-11-5-10-19-13(11)14(18)15-6-2-7-16-8-3-12(17)4-9-16/h5,10,12,17H,2-4,6-9H2,1H3,(H,15,18). The number of nitrogens with zero attached hydrogens (tertiary/aromatic N) is 1. The number of nitrogens with one attached hydrogen (secondary N) is 1. The predicted octanol–water partition coefficient (Wildman–Crippen LogP) is 1.63. The molecule has 0 aliphatic carbocycles. The SMILES string of the molecule is Cc1ccsc1C(=O)NCCCN1CCC(O)CC1. The number of piperidine rings is 1. The van der Waals surface area contributed by atoms with E-state index in [0.29, 0.717) is 0 Å². The first-order valence-electron chi connectivity index (χ1n) is 6.89. The summed E-state index contributed by atoms with van der Waals surface area (Å²) in [5.74, 6) is 0.0431. The van der Waals surface area contributed by atoms with Gasteiger partial charge in [-0.15, -0.1) is 11.3 Å². The van der Waals surface area contributed by atoms with Crippen molar-refractivity contribution < 1.29 is 9.90 Å². The van der Waals surface area contributed by atoms with Crippen molar-refractivity contribution in [2.45, 2.75) is 32.3 Å². The van der Waals surface area contributed by atoms with E-state index in [0.717, 1.165) is 55.9 Å². The molecular formula is C14H22N2O2S. The summed E-state index contributed by atoms with van der Waals surface area (Å²) in [6, 6.07) is 1.97. The summed E-state index contributed by atoms with van der Waals surface area (Å²) in [5.41, 5.74) is 1.05. The van der Waals surface area contributed by atoms with Gasteiger partial charge in [0, 0.05) is 19.6 Å². The topological polar surface area (TPSA) is 52.6 Å². The first-order chi connectivity index (χ1) is 9.16. The van der Waals surface area contributed by atoms with Gasteiger partial charge in [-0.1, -0.05) is 0 Å². The summed E-state index contributed by atoms with van der Waals surface area (Å²) in [4.78, 5) is 15.1. The van der Waals surface area contributed by atoms with Gasteiger partial charge in [0.15, 0.2) is 0 Å². The van der Waals surface area contributed by atoms with Crippen molar-refractivity contribution in [2.75, 3.05) is 26.2 Å². The smallest absolute Gasteiger partial charge is 0.261 e. The Kier molecular flexibility index (Phi) is 5.36. The van der Waals surface area contributed by atoms with Gasteiger partial charge in [0.2, 0.25) is 0 Å². The second-order valence-corrected chi connectivity index (χ2v) is 6.03. The van der Waals surface area contributed by atoms with Crippen LogP contribution < -0.4 is 5.32 Å². The van der Waals surface area contributed by atoms with Gasteiger partial charge < -0.3 is 15.3 Å². The molecule has 0 spiro atoms. The Bertz CT molecular complexity index is 411. The Balaban J connectivity index is 1.62. The van der Waals surface area contributed by atoms with Crippen molar-refractivity contribution in [1.29, 1.82) is 0 Å². The average molecular weight is 282 g/mol. The van der Waals surface area contributed by atoms with Gasteiger partial charge >= 0.3 is 0 Å². The van der Waals surface area contributed by atoms with Crippen molar-refractivity contribution in [3.8, 4) is 0 Å². The monoisotopic (exact) mass is 282 g/mol. The third kappa shape index (κ3) is 4.30. The minimum atomic E-state index is -0.113. The molecule has 0 bridgehead atoms. The molecule has 0 unspecified atom stereocenters. The molecule has 5 heteroatoms. The van der Waals surface area contributed by atoms with Gasteiger partial charge in [-0.05, 0) is 49.7 Å². The van der Waals surface area contributed by atoms with E-state index in [1.165, 1.54) is 11.3 Å². The van der Waals surface area contributed by atoms with E-state index in [1.807, 2.05) is 18.4 Å². The molecule has 1 aliphatic rings. The molecule has 1 saturated heterocycles. The minimum Gasteiger partial charge on any atom is -0.393 e. The molecule has 0 saturated carbocycles. The lowest BCUT2D eigenvalue weighted by Gasteiger charge is -2.29. The highest BCUT2D eigenvalue weighted by Crippen LogP contribution is 2.15. The zero-order chi connectivity index (χ0) is 13.7. The number of carbonyl (C=O) groups excluding carboxylic acids is 1. The third-order valence-electron chi connectivity index (χ3n) is 3.56. The lowest BCUT2D eigenvalue weighted by molar-refractivity contribution is 0.0816. The maximum absolute atomic E-state index is 11.9. The van der Waals surface area contributed by atoms with Gasteiger partial charge in [0.25, 0.3) is 5.91 Å². The van der Waals surface area contributed by atoms with Gasteiger partial charge in [0.05, 0.1) is 11.0 Å². The summed E-state index contributed by atoms with van der Waals surface area (Å²) < 4.78 is 0. The van der Waals surface area contributed by atoms with Gasteiger partial charge in [-0.2, -0.15) is 0 Å². The molecule has 19 heavy (non-hydrogen) atoms. The number of rotatable bonds is 5. The van der Waals surface area contributed by atoms with E-state index in [-0.39, 0.29) is 12.0 Å². The summed E-state index contributed by atoms with van der Waals surface area (Å²) in [6.07, 6.45) is 2.60. The van der Waals surface area contributed by atoms with Crippen molar-refractivity contribution >= 4 is 17.2 Å². The van der Waals surface area contributed by atoms with E-state index in [4.69, 9.17) is 0 Å². The number of thiophene rings is 1. The number of aryl methyl sites for hydroxylation is 1. The van der Waals surface area contributed by atoms with Crippen LogP contribution >= 0.6 is 11.3 Å². The van der Waals surface area contributed by atoms with Crippen LogP contribution in [0.25, 0.3) is 0 Å². The number of likely N-dealkylation sites (tertiary alicyclic amines) is 1. The molecule has 2 rings (SSSR count). The Morgan fingerprint density at radius 1 is 1.53 bits per heavy atom. The molecule has 0 atom stereocenters. The van der Waals surface area contributed by atoms with Crippen LogP contribution in [0.15, 0.2) is 11.4 Å². The Morgan fingerprint density at radius 3 is 2.89 bits per heavy atom. The highest BCUT2D eigenvalue weighted by Gasteiger charge is 2.16. The van der Waals surface area contributed by atoms with E-state index in [1.54, 1.807) is 0 Å². The maximum atomic E-state index is 11.9. The molecule has 1 aromatic heterocycles. The quantitative estimate of drug-likeness (QED) is 0.807. The highest BCUT2D eigenvalue weighted by molar-refractivity contribution is 7.12. The fourth-order valence-corrected chi connectivity index (χ4v) is 3.17. The fourth-order valence-electron chi connectivity index (χ4n) is 2.33. The van der Waals surface area contributed by atoms with Crippen LogP contribution in [-0.2, 0) is 0 Å². The third-order valence-corrected chi connectivity index (χ3v) is 4.58. The zero-order valence-corrected chi connectivity index (χ0v) is 12.2. The van der Waals surface area contributed by atoms with Crippen molar-refractivity contribution in [2.24, 2.45) is 0 Å². The van der Waals surface area contributed by atoms with Crippen molar-refractivity contribution in [3.63, 3.8) is 0 Å². The van der Waals surface area contributed by atoms with Crippen LogP contribution in [0.5, 0.6) is 0 Å². The van der Waals surface area contributed by atoms with Crippen LogP contribution in [-0.4, -0.2) is 48.2 Å². The van der Waals surface area contributed by atoms with Gasteiger partial charge in [-0.25, -0.2) is 0 Å². The number of hydrogen-bond donors (Lipinski definition) is 2. The van der Waals surface area contributed by atoms with E-state index in [9.17, 15) is 9.90 Å². The molecule has 4 nitrogen and oxygen atoms in total. The summed E-state index contributed by atoms with van der Waals surface area (Å²) in [6.45, 7) is 5.62. The molecule has 0 aromatic carbocycles. The Hall–Kier alpha value is -0.910. The number of aliphatic hydroxyl groups is 1. The molecule has 1 aromatic rings. The molecule has 2 N–H and O–H groups in total. The molecule has 1 amide bonds. The average Bonchev–Trinajstić information content (AvgIpc) is 2.83. The van der Waals surface area contributed by atoms with Crippen LogP contribution in [0.3, 0.4) is 0 Å². The van der Waals surface area contributed by atoms with E-state index < -0.39 is 0 Å². The van der Waals surface area contributed by atoms with Gasteiger partial charge in [-0.3, -0.25) is 4.79 Å². The Labute approximate surface area is 118 Å². The molecule has 2 heterocycles. The number of aliphatic hydroxyl groups excluding tert-OH is 1. The highest BCUT2D eigenvalue weighted by atomic mass is 32.1. The summed E-state index contributed by atoms with van der Waals surface area (Å²) in [5, 5.41) is 14.3. The minimum absolute atomic E-state index is 0.0431. The predicted molar refractivity (Wildman–Crippen MR) is 77.7 cm³/mol. The summed E-state index contributed by atoms with van der Waals surface area (Å²) in [7, 11) is 0. The van der Waals surface area contributed by atoms with Crippen LogP contribution in [0, 0.1) is 6.92 Å². The van der Waals surface area contributed by atoms with Crippen molar-refractivity contribution in [3.05, 3.63) is 21.9 Å². The number of amides is 1. The second-order valence-electron chi connectivity index (χ2n) is 5.12. The zero-order valence-electron chi connectivity index (χ0n) is 11.4. The van der Waals surface area contributed by atoms with Crippen LogP contribution in [0.4, 0.5) is 0 Å². The molecule has 106 valence electrons. The lowest BCUT2D eigenvalue weighted by Crippen LogP contribution is -2.37. The number of carbonyl (C=O) groups is 1. The van der Waals surface area contributed by atoms with Gasteiger partial charge in [0.1, 0.15) is 0 Å². The largest absolute Gasteiger partial charge is 0.393 e. The second kappa shape index (κ2) is 7.03. The van der Waals surface area contributed by atoms with Crippen LogP contribution in [0.2, 0.25) is 0 Å². The molecule has 1 fully saturated rings. The Morgan fingerprint density at radius 2 is 2.26 bits per heavy atom. The van der Waals surface area contributed by atoms with E-state index >= 15 is 0 Å². The molecule has 0 radical (unpaired) electrons. The fraction of sp³-hybridized carbons (Fsp3) is 0.643. The normalized spacial score (nSPS) is 17.6. The maximum Gasteiger partial charge on any atom is 0.261 e. The molecular weight excluding hydrogens is 260 g/mol. The summed E-state index contributed by atoms with van der Waals surface area (Å²) >= 11 is 1.49. The van der Waals surface area contributed by atoms with Crippen LogP contribution in [0.1, 0.15) is 34.5 Å².